The summed E-state index contributed by atoms with van der Waals surface area (Å²) in [7, 11) is 3.23. The first-order valence-electron chi connectivity index (χ1n) is 12.5. The van der Waals surface area contributed by atoms with Crippen molar-refractivity contribution in [2.75, 3.05) is 14.2 Å². The van der Waals surface area contributed by atoms with Gasteiger partial charge in [0.25, 0.3) is 0 Å². The molecule has 2 aliphatic rings. The van der Waals surface area contributed by atoms with Crippen molar-refractivity contribution >= 4 is 11.9 Å². The van der Waals surface area contributed by atoms with Crippen molar-refractivity contribution in [2.24, 2.45) is 0 Å². The second kappa shape index (κ2) is 9.71. The summed E-state index contributed by atoms with van der Waals surface area (Å²) < 4.78 is 23.0. The van der Waals surface area contributed by atoms with Crippen molar-refractivity contribution in [3.8, 4) is 11.5 Å². The van der Waals surface area contributed by atoms with E-state index in [2.05, 4.69) is 0 Å². The summed E-state index contributed by atoms with van der Waals surface area (Å²) in [4.78, 5) is 26.4. The number of rotatable bonds is 5. The van der Waals surface area contributed by atoms with Gasteiger partial charge in [-0.1, -0.05) is 60.7 Å². The number of methoxy groups -OCH3 is 2. The third kappa shape index (κ3) is 3.98. The third-order valence-corrected chi connectivity index (χ3v) is 7.48. The molecule has 0 bridgehead atoms. The summed E-state index contributed by atoms with van der Waals surface area (Å²) in [5, 5.41) is 0. The van der Waals surface area contributed by atoms with E-state index in [1.165, 1.54) is 0 Å². The van der Waals surface area contributed by atoms with Crippen molar-refractivity contribution in [3.05, 3.63) is 130 Å². The molecule has 4 aromatic carbocycles. The van der Waals surface area contributed by atoms with E-state index in [1.807, 2.05) is 84.9 Å². The van der Waals surface area contributed by atoms with Gasteiger partial charge in [0.2, 0.25) is 0 Å². The SMILES string of the molecule is COc1ccc([C@@H]2OC(=O)c3ccccc3[C@@H]2[C@@H]2c3ccccc3C(=O)O[C@H]2c2ccc(OC)cc2)cc1. The van der Waals surface area contributed by atoms with Crippen LogP contribution in [0.25, 0.3) is 0 Å². The van der Waals surface area contributed by atoms with Crippen LogP contribution in [-0.4, -0.2) is 26.2 Å². The Kier molecular flexibility index (Phi) is 6.08. The second-order valence-electron chi connectivity index (χ2n) is 9.42. The Hall–Kier alpha value is -4.58. The Morgan fingerprint density at radius 2 is 0.895 bits per heavy atom. The van der Waals surface area contributed by atoms with E-state index in [1.54, 1.807) is 26.4 Å². The van der Waals surface area contributed by atoms with E-state index in [-0.39, 0.29) is 23.8 Å². The van der Waals surface area contributed by atoms with Crippen LogP contribution in [0, 0.1) is 0 Å². The van der Waals surface area contributed by atoms with Crippen LogP contribution in [0.1, 0.15) is 67.0 Å². The molecule has 38 heavy (non-hydrogen) atoms. The zero-order chi connectivity index (χ0) is 26.2. The number of ether oxygens (including phenoxy) is 4. The Balaban J connectivity index is 1.57. The van der Waals surface area contributed by atoms with Gasteiger partial charge in [-0.05, 0) is 58.7 Å². The van der Waals surface area contributed by atoms with Crippen LogP contribution < -0.4 is 9.47 Å². The van der Waals surface area contributed by atoms with E-state index in [0.29, 0.717) is 22.6 Å². The molecule has 0 amide bonds. The minimum atomic E-state index is -0.612. The van der Waals surface area contributed by atoms with Gasteiger partial charge in [0.05, 0.1) is 25.3 Å². The molecule has 0 N–H and O–H groups in total. The Morgan fingerprint density at radius 3 is 1.26 bits per heavy atom. The zero-order valence-corrected chi connectivity index (χ0v) is 21.0. The average molecular weight is 507 g/mol. The molecular weight excluding hydrogens is 480 g/mol. The molecule has 6 rings (SSSR count). The van der Waals surface area contributed by atoms with Crippen LogP contribution in [0.5, 0.6) is 11.5 Å². The van der Waals surface area contributed by atoms with E-state index in [9.17, 15) is 9.59 Å². The van der Waals surface area contributed by atoms with E-state index in [4.69, 9.17) is 18.9 Å². The van der Waals surface area contributed by atoms with Crippen LogP contribution in [0.4, 0.5) is 0 Å². The van der Waals surface area contributed by atoms with Crippen LogP contribution >= 0.6 is 0 Å². The first-order chi connectivity index (χ1) is 18.6. The molecule has 0 saturated carbocycles. The molecule has 0 spiro atoms. The highest BCUT2D eigenvalue weighted by molar-refractivity contribution is 5.94. The van der Waals surface area contributed by atoms with Gasteiger partial charge < -0.3 is 18.9 Å². The lowest BCUT2D eigenvalue weighted by Gasteiger charge is -2.43. The molecule has 0 radical (unpaired) electrons. The molecule has 4 atom stereocenters. The van der Waals surface area contributed by atoms with Gasteiger partial charge in [0.1, 0.15) is 23.7 Å². The van der Waals surface area contributed by atoms with E-state index < -0.39 is 12.2 Å². The minimum Gasteiger partial charge on any atom is -0.497 e. The topological polar surface area (TPSA) is 71.1 Å². The highest BCUT2D eigenvalue weighted by atomic mass is 16.6. The van der Waals surface area contributed by atoms with Gasteiger partial charge in [-0.15, -0.1) is 0 Å². The van der Waals surface area contributed by atoms with Gasteiger partial charge in [-0.2, -0.15) is 0 Å². The maximum absolute atomic E-state index is 13.2. The number of carbonyl (C=O) groups is 2. The molecule has 2 aliphatic heterocycles. The Morgan fingerprint density at radius 1 is 0.526 bits per heavy atom. The smallest absolute Gasteiger partial charge is 0.339 e. The second-order valence-corrected chi connectivity index (χ2v) is 9.42. The number of benzene rings is 4. The molecule has 6 heteroatoms. The van der Waals surface area contributed by atoms with Gasteiger partial charge in [0, 0.05) is 11.8 Å². The number of hydrogen-bond donors (Lipinski definition) is 0. The molecule has 4 aromatic rings. The molecule has 0 fully saturated rings. The first-order valence-corrected chi connectivity index (χ1v) is 12.5. The first kappa shape index (κ1) is 23.8. The molecule has 6 nitrogen and oxygen atoms in total. The Bertz CT molecular complexity index is 1380. The standard InChI is InChI=1S/C32H26O6/c1-35-21-15-11-19(12-16-21)29-27(23-7-3-5-9-25(23)31(33)37-29)28-24-8-4-6-10-26(24)32(34)38-30(28)20-13-17-22(36-2)18-14-20/h3-18,27-30H,1-2H3/t27-,28+,29-,30-/m0/s1. The Labute approximate surface area is 220 Å². The summed E-state index contributed by atoms with van der Waals surface area (Å²) in [6.07, 6.45) is -1.22. The summed E-state index contributed by atoms with van der Waals surface area (Å²) in [5.74, 6) is -0.00132. The molecular formula is C32H26O6. The van der Waals surface area contributed by atoms with Crippen LogP contribution in [0.2, 0.25) is 0 Å². The lowest BCUT2D eigenvalue weighted by Crippen LogP contribution is -2.36. The average Bonchev–Trinajstić information content (AvgIpc) is 2.98. The fourth-order valence-electron chi connectivity index (χ4n) is 5.68. The molecule has 190 valence electrons. The monoisotopic (exact) mass is 506 g/mol. The molecule has 0 unspecified atom stereocenters. The highest BCUT2D eigenvalue weighted by Gasteiger charge is 2.49. The highest BCUT2D eigenvalue weighted by Crippen LogP contribution is 2.56. The van der Waals surface area contributed by atoms with Gasteiger partial charge in [-0.3, -0.25) is 0 Å². The van der Waals surface area contributed by atoms with Gasteiger partial charge in [-0.25, -0.2) is 9.59 Å². The van der Waals surface area contributed by atoms with Crippen molar-refractivity contribution in [2.45, 2.75) is 24.0 Å². The summed E-state index contributed by atoms with van der Waals surface area (Å²) >= 11 is 0. The zero-order valence-electron chi connectivity index (χ0n) is 21.0. The largest absolute Gasteiger partial charge is 0.497 e. The number of hydrogen-bond acceptors (Lipinski definition) is 6. The van der Waals surface area contributed by atoms with Crippen molar-refractivity contribution in [3.63, 3.8) is 0 Å². The molecule has 2 heterocycles. The lowest BCUT2D eigenvalue weighted by molar-refractivity contribution is -0.0123. The van der Waals surface area contributed by atoms with Gasteiger partial charge >= 0.3 is 11.9 Å². The normalized spacial score (nSPS) is 21.9. The number of fused-ring (bicyclic) bond motifs is 2. The maximum atomic E-state index is 13.2. The van der Waals surface area contributed by atoms with E-state index >= 15 is 0 Å². The molecule has 0 saturated heterocycles. The quantitative estimate of drug-likeness (QED) is 0.292. The number of carbonyl (C=O) groups excluding carboxylic acids is 2. The van der Waals surface area contributed by atoms with Crippen LogP contribution in [0.15, 0.2) is 97.1 Å². The van der Waals surface area contributed by atoms with Crippen LogP contribution in [0.3, 0.4) is 0 Å². The predicted molar refractivity (Wildman–Crippen MR) is 141 cm³/mol. The minimum absolute atomic E-state index is 0.335. The maximum Gasteiger partial charge on any atom is 0.339 e. The van der Waals surface area contributed by atoms with Crippen molar-refractivity contribution in [1.29, 1.82) is 0 Å². The lowest BCUT2D eigenvalue weighted by atomic mass is 9.68. The van der Waals surface area contributed by atoms with Crippen LogP contribution in [-0.2, 0) is 9.47 Å². The summed E-state index contributed by atoms with van der Waals surface area (Å²) in [6, 6.07) is 30.2. The number of cyclic esters (lactones) is 2. The number of esters is 2. The summed E-state index contributed by atoms with van der Waals surface area (Å²) in [5.41, 5.74) is 4.43. The van der Waals surface area contributed by atoms with Crippen molar-refractivity contribution in [1.82, 2.24) is 0 Å². The van der Waals surface area contributed by atoms with Gasteiger partial charge in [0.15, 0.2) is 0 Å². The molecule has 0 aliphatic carbocycles. The van der Waals surface area contributed by atoms with E-state index in [0.717, 1.165) is 22.3 Å². The van der Waals surface area contributed by atoms with Crippen molar-refractivity contribution < 1.29 is 28.5 Å². The molecule has 0 aromatic heterocycles. The fraction of sp³-hybridized carbons (Fsp3) is 0.188. The third-order valence-electron chi connectivity index (χ3n) is 7.48. The predicted octanol–water partition coefficient (Wildman–Crippen LogP) is 6.39. The summed E-state index contributed by atoms with van der Waals surface area (Å²) in [6.45, 7) is 0. The fourth-order valence-corrected chi connectivity index (χ4v) is 5.68.